The average molecular weight is 394 g/mol. The Morgan fingerprint density at radius 3 is 2.40 bits per heavy atom. The van der Waals surface area contributed by atoms with Crippen LogP contribution in [0, 0.1) is 0 Å². The Bertz CT molecular complexity index is 913. The number of carbonyl (C=O) groups excluding carboxylic acids is 1. The highest BCUT2D eigenvalue weighted by molar-refractivity contribution is 7.90. The van der Waals surface area contributed by atoms with Crippen LogP contribution in [-0.2, 0) is 9.84 Å². The number of rotatable bonds is 4. The molecule has 0 fully saturated rings. The third kappa shape index (κ3) is 5.10. The Labute approximate surface area is 146 Å². The summed E-state index contributed by atoms with van der Waals surface area (Å²) in [5.74, 6) is -1.49. The molecular weight excluding hydrogens is 383 g/mol. The number of nitrogens with one attached hydrogen (secondary N) is 1. The van der Waals surface area contributed by atoms with Crippen LogP contribution in [0.2, 0.25) is 5.02 Å². The number of hydrogen-bond acceptors (Lipinski definition) is 4. The van der Waals surface area contributed by atoms with Gasteiger partial charge in [-0.3, -0.25) is 4.79 Å². The van der Waals surface area contributed by atoms with Gasteiger partial charge in [0.15, 0.2) is 15.6 Å². The van der Waals surface area contributed by atoms with Gasteiger partial charge in [-0.1, -0.05) is 23.7 Å². The molecule has 0 bridgehead atoms. The minimum atomic E-state index is -4.94. The Balaban J connectivity index is 2.35. The lowest BCUT2D eigenvalue weighted by molar-refractivity contribution is -0.274. The van der Waals surface area contributed by atoms with Crippen LogP contribution in [0.5, 0.6) is 5.75 Å². The van der Waals surface area contributed by atoms with Gasteiger partial charge in [0.05, 0.1) is 21.2 Å². The van der Waals surface area contributed by atoms with E-state index < -0.39 is 27.9 Å². The Morgan fingerprint density at radius 1 is 1.16 bits per heavy atom. The van der Waals surface area contributed by atoms with Crippen LogP contribution in [0.3, 0.4) is 0 Å². The first-order valence-electron chi connectivity index (χ1n) is 6.63. The molecule has 0 spiro atoms. The lowest BCUT2D eigenvalue weighted by atomic mass is 10.2. The molecule has 2 aromatic carbocycles. The summed E-state index contributed by atoms with van der Waals surface area (Å²) in [4.78, 5) is 12.2. The number of ether oxygens (including phenoxy) is 1. The lowest BCUT2D eigenvalue weighted by Crippen LogP contribution is -2.20. The molecule has 0 aliphatic heterocycles. The number of benzene rings is 2. The second kappa shape index (κ2) is 6.93. The summed E-state index contributed by atoms with van der Waals surface area (Å²) in [6, 6.07) is 8.40. The van der Waals surface area contributed by atoms with Gasteiger partial charge in [-0.15, -0.1) is 13.2 Å². The second-order valence-corrected chi connectivity index (χ2v) is 7.33. The van der Waals surface area contributed by atoms with Gasteiger partial charge in [0.25, 0.3) is 5.91 Å². The van der Waals surface area contributed by atoms with Gasteiger partial charge in [0.1, 0.15) is 0 Å². The SMILES string of the molecule is CS(=O)(=O)c1ccc(Cl)c(C(=O)Nc2ccccc2OC(F)(F)F)c1. The second-order valence-electron chi connectivity index (χ2n) is 4.91. The maximum Gasteiger partial charge on any atom is 0.573 e. The summed E-state index contributed by atoms with van der Waals surface area (Å²) < 4.78 is 64.2. The molecule has 1 amide bonds. The largest absolute Gasteiger partial charge is 0.573 e. The van der Waals surface area contributed by atoms with Crippen molar-refractivity contribution in [2.24, 2.45) is 0 Å². The van der Waals surface area contributed by atoms with E-state index in [2.05, 4.69) is 10.1 Å². The number of amides is 1. The van der Waals surface area contributed by atoms with Crippen LogP contribution in [0.15, 0.2) is 47.4 Å². The lowest BCUT2D eigenvalue weighted by Gasteiger charge is -2.14. The van der Waals surface area contributed by atoms with Crippen LogP contribution >= 0.6 is 11.6 Å². The molecule has 2 aromatic rings. The predicted octanol–water partition coefficient (Wildman–Crippen LogP) is 3.89. The van der Waals surface area contributed by atoms with E-state index in [1.54, 1.807) is 0 Å². The van der Waals surface area contributed by atoms with E-state index in [9.17, 15) is 26.4 Å². The molecule has 0 atom stereocenters. The number of alkyl halides is 3. The molecule has 10 heteroatoms. The first-order chi connectivity index (χ1) is 11.5. The standard InChI is InChI=1S/C15H11ClF3NO4S/c1-25(22,23)9-6-7-11(16)10(8-9)14(21)20-12-4-2-3-5-13(12)24-15(17,18)19/h2-8H,1H3,(H,20,21). The Hall–Kier alpha value is -2.26. The van der Waals surface area contributed by atoms with Gasteiger partial charge in [-0.2, -0.15) is 0 Å². The minimum absolute atomic E-state index is 0.0564. The van der Waals surface area contributed by atoms with E-state index in [0.29, 0.717) is 0 Å². The van der Waals surface area contributed by atoms with Crippen molar-refractivity contribution in [2.75, 3.05) is 11.6 Å². The molecule has 1 N–H and O–H groups in total. The minimum Gasteiger partial charge on any atom is -0.404 e. The topological polar surface area (TPSA) is 72.5 Å². The summed E-state index contributed by atoms with van der Waals surface area (Å²) in [6.07, 6.45) is -3.99. The van der Waals surface area contributed by atoms with Crippen molar-refractivity contribution >= 4 is 33.0 Å². The van der Waals surface area contributed by atoms with Crippen molar-refractivity contribution < 1.29 is 31.1 Å². The van der Waals surface area contributed by atoms with E-state index >= 15 is 0 Å². The maximum atomic E-state index is 12.4. The van der Waals surface area contributed by atoms with Gasteiger partial charge < -0.3 is 10.1 Å². The molecule has 2 rings (SSSR count). The zero-order valence-electron chi connectivity index (χ0n) is 12.6. The summed E-state index contributed by atoms with van der Waals surface area (Å²) in [6.45, 7) is 0. The molecule has 0 radical (unpaired) electrons. The fraction of sp³-hybridized carbons (Fsp3) is 0.133. The van der Waals surface area contributed by atoms with Crippen molar-refractivity contribution in [3.63, 3.8) is 0 Å². The van der Waals surface area contributed by atoms with Crippen molar-refractivity contribution in [2.45, 2.75) is 11.3 Å². The molecule has 0 aliphatic rings. The quantitative estimate of drug-likeness (QED) is 0.855. The van der Waals surface area contributed by atoms with Crippen LogP contribution in [0.1, 0.15) is 10.4 Å². The molecular formula is C15H11ClF3NO4S. The van der Waals surface area contributed by atoms with Crippen molar-refractivity contribution in [1.29, 1.82) is 0 Å². The van der Waals surface area contributed by atoms with E-state index in [1.165, 1.54) is 30.3 Å². The molecule has 0 aliphatic carbocycles. The molecule has 25 heavy (non-hydrogen) atoms. The molecule has 134 valence electrons. The number of halogens is 4. The number of anilines is 1. The highest BCUT2D eigenvalue weighted by Gasteiger charge is 2.32. The van der Waals surface area contributed by atoms with E-state index in [4.69, 9.17) is 11.6 Å². The van der Waals surface area contributed by atoms with Crippen molar-refractivity contribution in [3.05, 3.63) is 53.1 Å². The molecule has 0 unspecified atom stereocenters. The third-order valence-corrected chi connectivity index (χ3v) is 4.41. The summed E-state index contributed by atoms with van der Waals surface area (Å²) >= 11 is 5.89. The zero-order valence-corrected chi connectivity index (χ0v) is 14.2. The third-order valence-electron chi connectivity index (χ3n) is 2.97. The van der Waals surface area contributed by atoms with Crippen molar-refractivity contribution in [3.8, 4) is 5.75 Å². The average Bonchev–Trinajstić information content (AvgIpc) is 2.47. The van der Waals surface area contributed by atoms with Gasteiger partial charge in [-0.05, 0) is 30.3 Å². The fourth-order valence-electron chi connectivity index (χ4n) is 1.88. The zero-order chi connectivity index (χ0) is 18.8. The number of carbonyl (C=O) groups is 1. The normalized spacial score (nSPS) is 11.9. The first kappa shape index (κ1) is 19.1. The molecule has 0 aromatic heterocycles. The van der Waals surface area contributed by atoms with Crippen LogP contribution in [0.4, 0.5) is 18.9 Å². The molecule has 0 heterocycles. The molecule has 0 saturated carbocycles. The highest BCUT2D eigenvalue weighted by Crippen LogP contribution is 2.31. The van der Waals surface area contributed by atoms with Gasteiger partial charge in [0, 0.05) is 6.26 Å². The van der Waals surface area contributed by atoms with Crippen LogP contribution in [0.25, 0.3) is 0 Å². The number of hydrogen-bond donors (Lipinski definition) is 1. The highest BCUT2D eigenvalue weighted by atomic mass is 35.5. The fourth-order valence-corrected chi connectivity index (χ4v) is 2.73. The van der Waals surface area contributed by atoms with E-state index in [-0.39, 0.29) is 21.2 Å². The van der Waals surface area contributed by atoms with Gasteiger partial charge in [-0.25, -0.2) is 8.42 Å². The van der Waals surface area contributed by atoms with Gasteiger partial charge >= 0.3 is 6.36 Å². The summed E-state index contributed by atoms with van der Waals surface area (Å²) in [5, 5.41) is 2.17. The smallest absolute Gasteiger partial charge is 0.404 e. The first-order valence-corrected chi connectivity index (χ1v) is 8.90. The van der Waals surface area contributed by atoms with Crippen LogP contribution < -0.4 is 10.1 Å². The van der Waals surface area contributed by atoms with Gasteiger partial charge in [0.2, 0.25) is 0 Å². The van der Waals surface area contributed by atoms with E-state index in [1.807, 2.05) is 0 Å². The van der Waals surface area contributed by atoms with Crippen LogP contribution in [-0.4, -0.2) is 26.9 Å². The Morgan fingerprint density at radius 2 is 1.80 bits per heavy atom. The monoisotopic (exact) mass is 393 g/mol. The number of sulfone groups is 1. The summed E-state index contributed by atoms with van der Waals surface area (Å²) in [7, 11) is -3.59. The van der Waals surface area contributed by atoms with E-state index in [0.717, 1.165) is 18.4 Å². The van der Waals surface area contributed by atoms with Crippen molar-refractivity contribution in [1.82, 2.24) is 0 Å². The maximum absolute atomic E-state index is 12.4. The molecule has 0 saturated heterocycles. The summed E-state index contributed by atoms with van der Waals surface area (Å²) in [5.41, 5.74) is -0.447. The molecule has 5 nitrogen and oxygen atoms in total. The number of para-hydroxylation sites is 2. The predicted molar refractivity (Wildman–Crippen MR) is 85.6 cm³/mol. The Kier molecular flexibility index (Phi) is 5.28.